The fraction of sp³-hybridized carbons (Fsp3) is 0.316. The largest absolute Gasteiger partial charge is 0.504 e. The van der Waals surface area contributed by atoms with Crippen molar-refractivity contribution >= 4 is 33.3 Å². The highest BCUT2D eigenvalue weighted by Crippen LogP contribution is 2.38. The van der Waals surface area contributed by atoms with Gasteiger partial charge in [0, 0.05) is 42.8 Å². The third kappa shape index (κ3) is 7.42. The summed E-state index contributed by atoms with van der Waals surface area (Å²) >= 11 is 0. The van der Waals surface area contributed by atoms with Crippen molar-refractivity contribution in [1.82, 2.24) is 9.88 Å². The summed E-state index contributed by atoms with van der Waals surface area (Å²) in [5.74, 6) is 1.92. The van der Waals surface area contributed by atoms with Gasteiger partial charge in [-0.05, 0) is 76.7 Å². The Balaban J connectivity index is 1.18. The predicted octanol–water partition coefficient (Wildman–Crippen LogP) is 7.55. The predicted molar refractivity (Wildman–Crippen MR) is 184 cm³/mol. The number of benzene rings is 4. The van der Waals surface area contributed by atoms with E-state index in [4.69, 9.17) is 18.9 Å². The molecule has 0 spiro atoms. The number of aromatic nitrogens is 1. The highest BCUT2D eigenvalue weighted by atomic mass is 16.5. The van der Waals surface area contributed by atoms with Gasteiger partial charge in [0.1, 0.15) is 17.2 Å². The van der Waals surface area contributed by atoms with Crippen LogP contribution in [-0.4, -0.2) is 67.5 Å². The summed E-state index contributed by atoms with van der Waals surface area (Å²) < 4.78 is 23.2. The highest BCUT2D eigenvalue weighted by Gasteiger charge is 2.19. The molecule has 244 valence electrons. The van der Waals surface area contributed by atoms with Crippen molar-refractivity contribution in [2.45, 2.75) is 32.6 Å². The minimum atomic E-state index is -0.233. The minimum absolute atomic E-state index is 0.0283. The maximum atomic E-state index is 13.5. The smallest absolute Gasteiger partial charge is 0.256 e. The molecular weight excluding hydrogens is 594 g/mol. The van der Waals surface area contributed by atoms with Gasteiger partial charge in [-0.2, -0.15) is 0 Å². The van der Waals surface area contributed by atoms with E-state index in [0.717, 1.165) is 55.6 Å². The van der Waals surface area contributed by atoms with E-state index in [-0.39, 0.29) is 17.1 Å². The Hall–Kier alpha value is -4.86. The second kappa shape index (κ2) is 13.9. The fourth-order valence-corrected chi connectivity index (χ4v) is 5.75. The lowest BCUT2D eigenvalue weighted by Crippen LogP contribution is -2.37. The number of pyridine rings is 1. The number of fused-ring (bicyclic) bond motifs is 2. The number of carbonyl (C=O) groups excluding carboxylic acids is 1. The first-order valence-electron chi connectivity index (χ1n) is 15.9. The molecule has 1 amide bonds. The molecule has 0 atom stereocenters. The Morgan fingerprint density at radius 3 is 2.57 bits per heavy atom. The molecular formula is C38H41N3O6. The third-order valence-corrected chi connectivity index (χ3v) is 8.40. The second-order valence-electron chi connectivity index (χ2n) is 12.7. The maximum Gasteiger partial charge on any atom is 0.256 e. The Morgan fingerprint density at radius 1 is 0.957 bits per heavy atom. The average Bonchev–Trinajstić information content (AvgIpc) is 3.07. The van der Waals surface area contributed by atoms with Crippen molar-refractivity contribution in [3.8, 4) is 28.7 Å². The van der Waals surface area contributed by atoms with Crippen LogP contribution in [0, 0.1) is 0 Å². The Bertz CT molecular complexity index is 1900. The molecule has 2 heterocycles. The van der Waals surface area contributed by atoms with E-state index >= 15 is 0 Å². The Kier molecular flexibility index (Phi) is 9.47. The minimum Gasteiger partial charge on any atom is -0.504 e. The molecule has 5 aromatic rings. The number of hydrogen-bond acceptors (Lipinski definition) is 8. The van der Waals surface area contributed by atoms with Crippen LogP contribution >= 0.6 is 0 Å². The SMILES string of the molecule is COc1ccc(C(C)(C)C)cc1NC(=O)c1cccc2cc(Oc3ccnc4cc(OCCCN5CCOCC5)c(O)cc34)ccc12. The van der Waals surface area contributed by atoms with Gasteiger partial charge in [-0.1, -0.05) is 39.0 Å². The van der Waals surface area contributed by atoms with Crippen molar-refractivity contribution in [2.24, 2.45) is 0 Å². The molecule has 1 aliphatic heterocycles. The number of methoxy groups -OCH3 is 1. The summed E-state index contributed by atoms with van der Waals surface area (Å²) in [5.41, 5.74) is 2.81. The van der Waals surface area contributed by atoms with Crippen LogP contribution in [0.15, 0.2) is 79.0 Å². The Morgan fingerprint density at radius 2 is 1.79 bits per heavy atom. The van der Waals surface area contributed by atoms with E-state index in [1.54, 1.807) is 37.6 Å². The molecule has 1 aromatic heterocycles. The van der Waals surface area contributed by atoms with E-state index in [1.165, 1.54) is 0 Å². The molecule has 9 heteroatoms. The zero-order valence-electron chi connectivity index (χ0n) is 27.3. The van der Waals surface area contributed by atoms with Gasteiger partial charge < -0.3 is 29.4 Å². The first-order valence-corrected chi connectivity index (χ1v) is 15.9. The first kappa shape index (κ1) is 32.1. The summed E-state index contributed by atoms with van der Waals surface area (Å²) in [4.78, 5) is 20.4. The van der Waals surface area contributed by atoms with Gasteiger partial charge in [-0.25, -0.2) is 0 Å². The van der Waals surface area contributed by atoms with Gasteiger partial charge in [-0.15, -0.1) is 0 Å². The molecule has 4 aromatic carbocycles. The topological polar surface area (TPSA) is 102 Å². The maximum absolute atomic E-state index is 13.5. The van der Waals surface area contributed by atoms with Crippen molar-refractivity contribution in [3.05, 3.63) is 90.1 Å². The van der Waals surface area contributed by atoms with Gasteiger partial charge in [0.2, 0.25) is 0 Å². The number of carbonyl (C=O) groups is 1. The van der Waals surface area contributed by atoms with E-state index < -0.39 is 0 Å². The van der Waals surface area contributed by atoms with Crippen LogP contribution < -0.4 is 19.5 Å². The summed E-state index contributed by atoms with van der Waals surface area (Å²) in [7, 11) is 1.59. The first-order chi connectivity index (χ1) is 22.7. The number of amides is 1. The summed E-state index contributed by atoms with van der Waals surface area (Å²) in [6, 6.07) is 22.2. The zero-order chi connectivity index (χ0) is 33.0. The molecule has 1 aliphatic rings. The van der Waals surface area contributed by atoms with Gasteiger partial charge in [0.15, 0.2) is 11.5 Å². The number of hydrogen-bond donors (Lipinski definition) is 2. The van der Waals surface area contributed by atoms with Gasteiger partial charge in [-0.3, -0.25) is 14.7 Å². The number of ether oxygens (including phenoxy) is 4. The molecule has 1 fully saturated rings. The van der Waals surface area contributed by atoms with Crippen LogP contribution in [0.4, 0.5) is 5.69 Å². The second-order valence-corrected chi connectivity index (χ2v) is 12.7. The summed E-state index contributed by atoms with van der Waals surface area (Å²) in [6.07, 6.45) is 2.52. The van der Waals surface area contributed by atoms with Crippen molar-refractivity contribution in [3.63, 3.8) is 0 Å². The Labute approximate surface area is 275 Å². The van der Waals surface area contributed by atoms with E-state index in [0.29, 0.717) is 51.8 Å². The summed E-state index contributed by atoms with van der Waals surface area (Å²) in [6.45, 7) is 11.2. The number of nitrogens with one attached hydrogen (secondary N) is 1. The van der Waals surface area contributed by atoms with Crippen LogP contribution in [0.2, 0.25) is 0 Å². The molecule has 6 rings (SSSR count). The third-order valence-electron chi connectivity index (χ3n) is 8.40. The van der Waals surface area contributed by atoms with E-state index in [9.17, 15) is 9.90 Å². The van der Waals surface area contributed by atoms with E-state index in [1.807, 2.05) is 48.5 Å². The number of phenolic OH excluding ortho intramolecular Hbond substituents is 1. The molecule has 0 saturated carbocycles. The molecule has 0 bridgehead atoms. The van der Waals surface area contributed by atoms with Gasteiger partial charge in [0.25, 0.3) is 5.91 Å². The number of nitrogens with zero attached hydrogens (tertiary/aromatic N) is 2. The molecule has 0 aliphatic carbocycles. The monoisotopic (exact) mass is 635 g/mol. The van der Waals surface area contributed by atoms with Crippen LogP contribution in [0.5, 0.6) is 28.7 Å². The van der Waals surface area contributed by atoms with Crippen LogP contribution in [0.3, 0.4) is 0 Å². The molecule has 47 heavy (non-hydrogen) atoms. The van der Waals surface area contributed by atoms with Gasteiger partial charge in [0.05, 0.1) is 38.1 Å². The van der Waals surface area contributed by atoms with Gasteiger partial charge >= 0.3 is 0 Å². The van der Waals surface area contributed by atoms with Crippen molar-refractivity contribution < 1.29 is 28.8 Å². The zero-order valence-corrected chi connectivity index (χ0v) is 27.3. The molecule has 2 N–H and O–H groups in total. The average molecular weight is 636 g/mol. The standard InChI is InChI=1S/C38H41N3O6/c1-38(2,3)26-9-12-35(44-4)32(22-26)40-37(43)29-8-5-7-25-21-27(10-11-28(25)29)47-34-13-14-39-31-24-36(33(42)23-30(31)34)46-18-6-15-41-16-19-45-20-17-41/h5,7-14,21-24,42H,6,15-20H2,1-4H3,(H,40,43). The quantitative estimate of drug-likeness (QED) is 0.152. The number of aromatic hydroxyl groups is 1. The van der Waals surface area contributed by atoms with Crippen molar-refractivity contribution in [2.75, 3.05) is 51.9 Å². The lowest BCUT2D eigenvalue weighted by Gasteiger charge is -2.26. The van der Waals surface area contributed by atoms with E-state index in [2.05, 4.69) is 36.0 Å². The highest BCUT2D eigenvalue weighted by molar-refractivity contribution is 6.13. The summed E-state index contributed by atoms with van der Waals surface area (Å²) in [5, 5.41) is 16.1. The fourth-order valence-electron chi connectivity index (χ4n) is 5.75. The van der Waals surface area contributed by atoms with Crippen LogP contribution in [0.1, 0.15) is 43.1 Å². The normalized spacial score (nSPS) is 13.9. The number of morpholine rings is 1. The molecule has 0 radical (unpaired) electrons. The lowest BCUT2D eigenvalue weighted by molar-refractivity contribution is 0.0357. The molecule has 1 saturated heterocycles. The lowest BCUT2D eigenvalue weighted by atomic mass is 9.87. The number of anilines is 1. The van der Waals surface area contributed by atoms with Crippen molar-refractivity contribution in [1.29, 1.82) is 0 Å². The molecule has 9 nitrogen and oxygen atoms in total. The number of rotatable bonds is 10. The number of phenols is 1. The van der Waals surface area contributed by atoms with Crippen LogP contribution in [-0.2, 0) is 10.2 Å². The van der Waals surface area contributed by atoms with Crippen LogP contribution in [0.25, 0.3) is 21.7 Å². The molecule has 0 unspecified atom stereocenters.